The van der Waals surface area contributed by atoms with Crippen LogP contribution in [0.25, 0.3) is 11.1 Å². The normalized spacial score (nSPS) is 17.2. The van der Waals surface area contributed by atoms with Gasteiger partial charge in [-0.1, -0.05) is 49.1 Å². The van der Waals surface area contributed by atoms with Crippen molar-refractivity contribution in [3.63, 3.8) is 0 Å². The molecule has 1 aliphatic carbocycles. The minimum atomic E-state index is -1.11. The van der Waals surface area contributed by atoms with Gasteiger partial charge < -0.3 is 15.2 Å². The lowest BCUT2D eigenvalue weighted by Gasteiger charge is -2.30. The maximum Gasteiger partial charge on any atom is 0.337 e. The van der Waals surface area contributed by atoms with Crippen molar-refractivity contribution in [2.24, 2.45) is 0 Å². The van der Waals surface area contributed by atoms with Crippen LogP contribution in [0, 0.1) is 13.8 Å². The van der Waals surface area contributed by atoms with Crippen molar-refractivity contribution in [3.8, 4) is 11.1 Å². The molecule has 1 fully saturated rings. The number of aliphatic carboxylic acids is 1. The Kier molecular flexibility index (Phi) is 7.22. The molecule has 0 radical (unpaired) electrons. The number of fused-ring (bicyclic) bond motifs is 1. The summed E-state index contributed by atoms with van der Waals surface area (Å²) in [6, 6.07) is 10.3. The summed E-state index contributed by atoms with van der Waals surface area (Å²) in [6.45, 7) is 10.1. The second-order valence-corrected chi connectivity index (χ2v) is 11.0. The molecule has 6 nitrogen and oxygen atoms in total. The topological polar surface area (TPSA) is 78.9 Å². The summed E-state index contributed by atoms with van der Waals surface area (Å²) in [7, 11) is 0. The number of rotatable bonds is 5. The number of anilines is 1. The minimum absolute atomic E-state index is 0.0571. The van der Waals surface area contributed by atoms with E-state index in [9.17, 15) is 14.7 Å². The number of ether oxygens (including phenoxy) is 1. The quantitative estimate of drug-likeness (QED) is 0.527. The maximum atomic E-state index is 13.3. The number of hydrogen-bond donors (Lipinski definition) is 2. The molecule has 35 heavy (non-hydrogen) atoms. The highest BCUT2D eigenvalue weighted by Gasteiger charge is 2.36. The van der Waals surface area contributed by atoms with E-state index in [1.807, 2.05) is 69.9 Å². The first kappa shape index (κ1) is 25.2. The molecule has 1 saturated carbocycles. The highest BCUT2D eigenvalue weighted by Crippen LogP contribution is 2.44. The molecule has 0 saturated heterocycles. The van der Waals surface area contributed by atoms with Gasteiger partial charge in [-0.05, 0) is 82.2 Å². The molecule has 0 aromatic heterocycles. The van der Waals surface area contributed by atoms with Gasteiger partial charge in [0.2, 0.25) is 0 Å². The average Bonchev–Trinajstić information content (AvgIpc) is 3.21. The number of hydrogen-bond acceptors (Lipinski definition) is 3. The third-order valence-corrected chi connectivity index (χ3v) is 7.01. The predicted octanol–water partition coefficient (Wildman–Crippen LogP) is 6.32. The Balaban J connectivity index is 1.81. The van der Waals surface area contributed by atoms with Gasteiger partial charge in [-0.2, -0.15) is 0 Å². The number of amides is 2. The molecule has 2 aliphatic rings. The van der Waals surface area contributed by atoms with Crippen molar-refractivity contribution in [3.05, 3.63) is 52.6 Å². The number of carboxylic acids is 1. The van der Waals surface area contributed by atoms with Crippen LogP contribution in [0.4, 0.5) is 10.5 Å². The largest absolute Gasteiger partial charge is 0.479 e. The SMILES string of the molecule is Cc1ccc(-c2c3c(cc(C)c2[C@H](OC(C)(C)C)C(=O)O)N(C(=O)NC2CCCCC2)CC3)cc1. The van der Waals surface area contributed by atoms with Crippen LogP contribution >= 0.6 is 0 Å². The van der Waals surface area contributed by atoms with Crippen LogP contribution in [0.2, 0.25) is 0 Å². The van der Waals surface area contributed by atoms with Gasteiger partial charge in [0.1, 0.15) is 0 Å². The molecule has 2 N–H and O–H groups in total. The van der Waals surface area contributed by atoms with Gasteiger partial charge in [0, 0.05) is 23.8 Å². The summed E-state index contributed by atoms with van der Waals surface area (Å²) < 4.78 is 6.09. The van der Waals surface area contributed by atoms with E-state index >= 15 is 0 Å². The van der Waals surface area contributed by atoms with Crippen LogP contribution in [0.3, 0.4) is 0 Å². The Bertz CT molecular complexity index is 1100. The van der Waals surface area contributed by atoms with Gasteiger partial charge in [0.15, 0.2) is 6.10 Å². The Hall–Kier alpha value is -2.86. The molecule has 4 rings (SSSR count). The molecular formula is C29H38N2O4. The molecule has 2 aromatic rings. The van der Waals surface area contributed by atoms with E-state index in [1.54, 1.807) is 0 Å². The zero-order chi connectivity index (χ0) is 25.3. The van der Waals surface area contributed by atoms with Crippen molar-refractivity contribution in [1.82, 2.24) is 5.32 Å². The lowest BCUT2D eigenvalue weighted by molar-refractivity contribution is -0.160. The summed E-state index contributed by atoms with van der Waals surface area (Å²) in [5.41, 5.74) is 5.69. The molecule has 1 aliphatic heterocycles. The summed E-state index contributed by atoms with van der Waals surface area (Å²) in [5, 5.41) is 13.4. The summed E-state index contributed by atoms with van der Waals surface area (Å²) in [5.74, 6) is -1.01. The summed E-state index contributed by atoms with van der Waals surface area (Å²) in [4.78, 5) is 27.6. The first-order valence-electron chi connectivity index (χ1n) is 12.8. The third kappa shape index (κ3) is 5.53. The fourth-order valence-corrected chi connectivity index (χ4v) is 5.38. The van der Waals surface area contributed by atoms with E-state index in [2.05, 4.69) is 5.32 Å². The van der Waals surface area contributed by atoms with Crippen LogP contribution < -0.4 is 10.2 Å². The van der Waals surface area contributed by atoms with E-state index < -0.39 is 17.7 Å². The number of carbonyl (C=O) groups is 2. The lowest BCUT2D eigenvalue weighted by Crippen LogP contribution is -2.45. The van der Waals surface area contributed by atoms with Crippen molar-refractivity contribution in [1.29, 1.82) is 0 Å². The standard InChI is InChI=1S/C29H38N2O4/c1-18-11-13-20(14-12-18)25-22-15-16-31(28(34)30-21-9-7-6-8-10-21)23(22)17-19(2)24(25)26(27(32)33)35-29(3,4)5/h11-14,17,21,26H,6-10,15-16H2,1-5H3,(H,30,34)(H,32,33)/t26-/m0/s1. The molecule has 0 bridgehead atoms. The van der Waals surface area contributed by atoms with E-state index in [0.29, 0.717) is 18.5 Å². The molecule has 2 aromatic carbocycles. The Labute approximate surface area is 208 Å². The zero-order valence-corrected chi connectivity index (χ0v) is 21.6. The highest BCUT2D eigenvalue weighted by atomic mass is 16.5. The van der Waals surface area contributed by atoms with Crippen LogP contribution in [0.5, 0.6) is 0 Å². The van der Waals surface area contributed by atoms with Crippen LogP contribution in [0.1, 0.15) is 81.2 Å². The number of carboxylic acid groups (broad SMARTS) is 1. The van der Waals surface area contributed by atoms with Gasteiger partial charge in [-0.25, -0.2) is 9.59 Å². The highest BCUT2D eigenvalue weighted by molar-refractivity contribution is 5.97. The zero-order valence-electron chi connectivity index (χ0n) is 21.6. The second-order valence-electron chi connectivity index (χ2n) is 11.0. The molecule has 2 amide bonds. The Morgan fingerprint density at radius 3 is 2.34 bits per heavy atom. The minimum Gasteiger partial charge on any atom is -0.479 e. The van der Waals surface area contributed by atoms with E-state index in [1.165, 1.54) is 6.42 Å². The predicted molar refractivity (Wildman–Crippen MR) is 139 cm³/mol. The number of benzene rings is 2. The van der Waals surface area contributed by atoms with Crippen LogP contribution in [0.15, 0.2) is 30.3 Å². The fourth-order valence-electron chi connectivity index (χ4n) is 5.38. The van der Waals surface area contributed by atoms with Crippen molar-refractivity contribution < 1.29 is 19.4 Å². The monoisotopic (exact) mass is 478 g/mol. The maximum absolute atomic E-state index is 13.3. The van der Waals surface area contributed by atoms with Crippen LogP contribution in [-0.2, 0) is 16.0 Å². The number of nitrogens with zero attached hydrogens (tertiary/aromatic N) is 1. The molecule has 0 spiro atoms. The van der Waals surface area contributed by atoms with Gasteiger partial charge in [0.05, 0.1) is 5.60 Å². The smallest absolute Gasteiger partial charge is 0.337 e. The van der Waals surface area contributed by atoms with Gasteiger partial charge in [-0.3, -0.25) is 4.90 Å². The number of nitrogens with one attached hydrogen (secondary N) is 1. The first-order valence-corrected chi connectivity index (χ1v) is 12.8. The summed E-state index contributed by atoms with van der Waals surface area (Å²) in [6.07, 6.45) is 5.18. The van der Waals surface area contributed by atoms with Gasteiger partial charge in [0.25, 0.3) is 0 Å². The lowest BCUT2D eigenvalue weighted by atomic mass is 9.86. The van der Waals surface area contributed by atoms with Gasteiger partial charge in [-0.15, -0.1) is 0 Å². The van der Waals surface area contributed by atoms with E-state index in [0.717, 1.165) is 59.2 Å². The molecule has 1 atom stereocenters. The van der Waals surface area contributed by atoms with Crippen molar-refractivity contribution in [2.45, 2.75) is 90.9 Å². The number of aryl methyl sites for hydroxylation is 2. The molecule has 188 valence electrons. The van der Waals surface area contributed by atoms with Crippen molar-refractivity contribution in [2.75, 3.05) is 11.4 Å². The van der Waals surface area contributed by atoms with Gasteiger partial charge >= 0.3 is 12.0 Å². The summed E-state index contributed by atoms with van der Waals surface area (Å²) >= 11 is 0. The average molecular weight is 479 g/mol. The van der Waals surface area contributed by atoms with Crippen LogP contribution in [-0.4, -0.2) is 35.3 Å². The molecular weight excluding hydrogens is 440 g/mol. The molecule has 0 unspecified atom stereocenters. The third-order valence-electron chi connectivity index (χ3n) is 7.01. The Morgan fingerprint density at radius 2 is 1.74 bits per heavy atom. The van der Waals surface area contributed by atoms with E-state index in [-0.39, 0.29) is 12.1 Å². The number of carbonyl (C=O) groups excluding carboxylic acids is 1. The van der Waals surface area contributed by atoms with Crippen molar-refractivity contribution >= 4 is 17.7 Å². The molecule has 6 heteroatoms. The second kappa shape index (κ2) is 10.0. The number of urea groups is 1. The molecule has 1 heterocycles. The first-order chi connectivity index (χ1) is 16.5. The fraction of sp³-hybridized carbons (Fsp3) is 0.517. The van der Waals surface area contributed by atoms with E-state index in [4.69, 9.17) is 4.74 Å². The Morgan fingerprint density at radius 1 is 1.09 bits per heavy atom.